The van der Waals surface area contributed by atoms with Gasteiger partial charge in [-0.3, -0.25) is 0 Å². The maximum atomic E-state index is 9.15. The number of hydrogen-bond acceptors (Lipinski definition) is 4. The highest BCUT2D eigenvalue weighted by Gasteiger charge is 2.45. The first-order valence-electron chi connectivity index (χ1n) is 7.78. The molecule has 4 heteroatoms. The monoisotopic (exact) mass is 301 g/mol. The van der Waals surface area contributed by atoms with Crippen molar-refractivity contribution in [2.24, 2.45) is 17.0 Å². The van der Waals surface area contributed by atoms with Crippen molar-refractivity contribution >= 4 is 29.2 Å². The summed E-state index contributed by atoms with van der Waals surface area (Å²) < 4.78 is 0. The van der Waals surface area contributed by atoms with Crippen molar-refractivity contribution in [1.29, 1.82) is 0 Å². The van der Waals surface area contributed by atoms with Crippen LogP contribution >= 0.6 is 23.5 Å². The molecule has 19 heavy (non-hydrogen) atoms. The first kappa shape index (κ1) is 15.6. The van der Waals surface area contributed by atoms with Gasteiger partial charge in [-0.2, -0.15) is 23.5 Å². The van der Waals surface area contributed by atoms with Gasteiger partial charge in [0.1, 0.15) is 0 Å². The van der Waals surface area contributed by atoms with Gasteiger partial charge in [-0.05, 0) is 37.4 Å². The van der Waals surface area contributed by atoms with Crippen LogP contribution in [0.5, 0.6) is 0 Å². The number of rotatable bonds is 9. The molecule has 1 N–H and O–H groups in total. The van der Waals surface area contributed by atoms with Crippen LogP contribution in [0.15, 0.2) is 5.16 Å². The SMILES string of the molecule is CCCCCCSCCSC1/C(=N/O)C2CCC1C2. The molecule has 2 nitrogen and oxygen atoms in total. The Morgan fingerprint density at radius 1 is 1.16 bits per heavy atom. The van der Waals surface area contributed by atoms with Gasteiger partial charge < -0.3 is 5.21 Å². The van der Waals surface area contributed by atoms with Gasteiger partial charge in [-0.1, -0.05) is 31.3 Å². The minimum atomic E-state index is 0.532. The molecule has 0 spiro atoms. The average Bonchev–Trinajstić information content (AvgIpc) is 3.02. The smallest absolute Gasteiger partial charge is 0.0734 e. The maximum Gasteiger partial charge on any atom is 0.0734 e. The third kappa shape index (κ3) is 4.32. The first-order chi connectivity index (χ1) is 9.36. The lowest BCUT2D eigenvalue weighted by molar-refractivity contribution is 0.314. The van der Waals surface area contributed by atoms with Gasteiger partial charge in [0.05, 0.1) is 5.71 Å². The Hall–Kier alpha value is 0.170. The molecule has 2 fully saturated rings. The maximum absolute atomic E-state index is 9.15. The molecule has 110 valence electrons. The molecule has 0 aromatic carbocycles. The molecule has 3 atom stereocenters. The summed E-state index contributed by atoms with van der Waals surface area (Å²) in [6.45, 7) is 2.26. The fourth-order valence-electron chi connectivity index (χ4n) is 3.36. The van der Waals surface area contributed by atoms with E-state index in [0.29, 0.717) is 11.2 Å². The molecule has 0 aliphatic heterocycles. The number of nitrogens with zero attached hydrogens (tertiary/aromatic N) is 1. The third-order valence-electron chi connectivity index (χ3n) is 4.39. The van der Waals surface area contributed by atoms with Crippen LogP contribution in [0.4, 0.5) is 0 Å². The quantitative estimate of drug-likeness (QED) is 0.382. The molecule has 2 saturated carbocycles. The van der Waals surface area contributed by atoms with Gasteiger partial charge in [0, 0.05) is 22.7 Å². The number of thioether (sulfide) groups is 2. The molecule has 2 aliphatic carbocycles. The Morgan fingerprint density at radius 2 is 2.05 bits per heavy atom. The van der Waals surface area contributed by atoms with Crippen LogP contribution in [0.2, 0.25) is 0 Å². The van der Waals surface area contributed by atoms with Gasteiger partial charge in [0.25, 0.3) is 0 Å². The zero-order valence-electron chi connectivity index (χ0n) is 12.0. The minimum absolute atomic E-state index is 0.532. The summed E-state index contributed by atoms with van der Waals surface area (Å²) in [5, 5.41) is 13.3. The Kier molecular flexibility index (Phi) is 6.92. The zero-order chi connectivity index (χ0) is 13.5. The highest BCUT2D eigenvalue weighted by atomic mass is 32.2. The summed E-state index contributed by atoms with van der Waals surface area (Å²) in [6.07, 6.45) is 9.37. The van der Waals surface area contributed by atoms with Crippen molar-refractivity contribution in [2.45, 2.75) is 57.1 Å². The summed E-state index contributed by atoms with van der Waals surface area (Å²) in [6, 6.07) is 0. The molecule has 2 aliphatic rings. The minimum Gasteiger partial charge on any atom is -0.411 e. The Bertz CT molecular complexity index is 296. The lowest BCUT2D eigenvalue weighted by Gasteiger charge is -2.22. The van der Waals surface area contributed by atoms with E-state index >= 15 is 0 Å². The topological polar surface area (TPSA) is 32.6 Å². The molecule has 0 heterocycles. The highest BCUT2D eigenvalue weighted by Crippen LogP contribution is 2.47. The fourth-order valence-corrected chi connectivity index (χ4v) is 6.01. The van der Waals surface area contributed by atoms with E-state index in [9.17, 15) is 0 Å². The third-order valence-corrected chi connectivity index (χ3v) is 7.15. The van der Waals surface area contributed by atoms with E-state index in [4.69, 9.17) is 5.21 Å². The predicted octanol–water partition coefficient (Wildman–Crippen LogP) is 4.66. The second-order valence-electron chi connectivity index (χ2n) is 5.76. The number of hydrogen-bond donors (Lipinski definition) is 1. The van der Waals surface area contributed by atoms with Crippen molar-refractivity contribution in [3.8, 4) is 0 Å². The predicted molar refractivity (Wildman–Crippen MR) is 87.8 cm³/mol. The van der Waals surface area contributed by atoms with E-state index in [-0.39, 0.29) is 0 Å². The second kappa shape index (κ2) is 8.46. The lowest BCUT2D eigenvalue weighted by Crippen LogP contribution is -2.25. The summed E-state index contributed by atoms with van der Waals surface area (Å²) in [7, 11) is 0. The van der Waals surface area contributed by atoms with Crippen LogP contribution in [-0.2, 0) is 0 Å². The first-order valence-corrected chi connectivity index (χ1v) is 9.98. The van der Waals surface area contributed by atoms with Crippen molar-refractivity contribution in [3.05, 3.63) is 0 Å². The van der Waals surface area contributed by atoms with Gasteiger partial charge in [0.15, 0.2) is 0 Å². The molecular weight excluding hydrogens is 274 g/mol. The zero-order valence-corrected chi connectivity index (χ0v) is 13.6. The normalized spacial score (nSPS) is 31.4. The van der Waals surface area contributed by atoms with Crippen LogP contribution in [0.25, 0.3) is 0 Å². The molecule has 0 saturated heterocycles. The molecule has 3 unspecified atom stereocenters. The van der Waals surface area contributed by atoms with Crippen LogP contribution in [0.3, 0.4) is 0 Å². The highest BCUT2D eigenvalue weighted by molar-refractivity contribution is 8.03. The van der Waals surface area contributed by atoms with E-state index in [1.54, 1.807) is 0 Å². The molecule has 2 bridgehead atoms. The summed E-state index contributed by atoms with van der Waals surface area (Å²) in [5.41, 5.74) is 1.11. The van der Waals surface area contributed by atoms with E-state index in [0.717, 1.165) is 11.6 Å². The number of unbranched alkanes of at least 4 members (excludes halogenated alkanes) is 3. The summed E-state index contributed by atoms with van der Waals surface area (Å²) in [4.78, 5) is 0. The summed E-state index contributed by atoms with van der Waals surface area (Å²) >= 11 is 4.13. The van der Waals surface area contributed by atoms with Crippen LogP contribution in [-0.4, -0.2) is 33.4 Å². The molecule has 0 amide bonds. The molecule has 0 aromatic heterocycles. The van der Waals surface area contributed by atoms with Gasteiger partial charge in [-0.25, -0.2) is 0 Å². The molecular formula is C15H27NOS2. The van der Waals surface area contributed by atoms with Crippen molar-refractivity contribution in [1.82, 2.24) is 0 Å². The fraction of sp³-hybridized carbons (Fsp3) is 0.933. The lowest BCUT2D eigenvalue weighted by atomic mass is 9.98. The van der Waals surface area contributed by atoms with Crippen LogP contribution in [0.1, 0.15) is 51.9 Å². The Morgan fingerprint density at radius 3 is 2.84 bits per heavy atom. The van der Waals surface area contributed by atoms with Gasteiger partial charge in [-0.15, -0.1) is 0 Å². The van der Waals surface area contributed by atoms with E-state index in [1.807, 2.05) is 11.8 Å². The van der Waals surface area contributed by atoms with E-state index < -0.39 is 0 Å². The number of fused-ring (bicyclic) bond motifs is 2. The second-order valence-corrected chi connectivity index (χ2v) is 8.23. The molecule has 2 rings (SSSR count). The standard InChI is InChI=1S/C15H27NOS2/c1-2-3-4-5-8-18-9-10-19-15-13-7-6-12(11-13)14(15)16-17/h12-13,15,17H,2-11H2,1H3/b16-14+. The Labute approximate surface area is 126 Å². The van der Waals surface area contributed by atoms with Gasteiger partial charge in [0.2, 0.25) is 0 Å². The van der Waals surface area contributed by atoms with Crippen molar-refractivity contribution < 1.29 is 5.21 Å². The van der Waals surface area contributed by atoms with E-state index in [2.05, 4.69) is 23.8 Å². The molecule has 0 radical (unpaired) electrons. The van der Waals surface area contributed by atoms with Crippen molar-refractivity contribution in [3.63, 3.8) is 0 Å². The largest absolute Gasteiger partial charge is 0.411 e. The Balaban J connectivity index is 1.54. The van der Waals surface area contributed by atoms with Crippen LogP contribution < -0.4 is 0 Å². The van der Waals surface area contributed by atoms with Gasteiger partial charge >= 0.3 is 0 Å². The van der Waals surface area contributed by atoms with Crippen LogP contribution in [0, 0.1) is 11.8 Å². The van der Waals surface area contributed by atoms with Crippen molar-refractivity contribution in [2.75, 3.05) is 17.3 Å². The van der Waals surface area contributed by atoms with E-state index in [1.165, 1.54) is 62.2 Å². The average molecular weight is 302 g/mol. The molecule has 0 aromatic rings. The summed E-state index contributed by atoms with van der Waals surface area (Å²) in [5.74, 6) is 5.19. The number of oxime groups is 1.